The summed E-state index contributed by atoms with van der Waals surface area (Å²) in [7, 11) is 0. The molecule has 1 aromatic heterocycles. The molecule has 0 spiro atoms. The van der Waals surface area contributed by atoms with Gasteiger partial charge in [0.25, 0.3) is 0 Å². The molecule has 1 saturated carbocycles. The van der Waals surface area contributed by atoms with Crippen LogP contribution in [0.4, 0.5) is 0 Å². The lowest BCUT2D eigenvalue weighted by Gasteiger charge is -2.34. The molecule has 1 aliphatic heterocycles. The maximum Gasteiger partial charge on any atom is 0.0953 e. The third-order valence-electron chi connectivity index (χ3n) is 4.06. The maximum absolute atomic E-state index is 4.34. The lowest BCUT2D eigenvalue weighted by atomic mass is 9.94. The van der Waals surface area contributed by atoms with Crippen LogP contribution in [0.25, 0.3) is 0 Å². The molecule has 3 nitrogen and oxygen atoms in total. The summed E-state index contributed by atoms with van der Waals surface area (Å²) in [6.45, 7) is 6.93. The molecule has 1 saturated heterocycles. The summed E-state index contributed by atoms with van der Waals surface area (Å²) in [5, 5.41) is 3.33. The van der Waals surface area contributed by atoms with Crippen LogP contribution in [0.15, 0.2) is 12.5 Å². The van der Waals surface area contributed by atoms with E-state index in [0.29, 0.717) is 5.92 Å². The monoisotopic (exact) mass is 205 g/mol. The number of imidazole rings is 1. The largest absolute Gasteiger partial charge is 0.328 e. The van der Waals surface area contributed by atoms with E-state index in [4.69, 9.17) is 0 Å². The van der Waals surface area contributed by atoms with Crippen LogP contribution in [0.5, 0.6) is 0 Å². The number of hydrogen-bond acceptors (Lipinski definition) is 2. The number of nitrogens with zero attached hydrogens (tertiary/aromatic N) is 2. The molecule has 3 rings (SSSR count). The first-order chi connectivity index (χ1) is 7.19. The molecule has 0 bridgehead atoms. The molecule has 1 aliphatic carbocycles. The third kappa shape index (κ3) is 1.41. The van der Waals surface area contributed by atoms with Gasteiger partial charge in [0.05, 0.1) is 6.33 Å². The first-order valence-electron chi connectivity index (χ1n) is 5.93. The molecule has 0 atom stereocenters. The molecule has 2 heterocycles. The summed E-state index contributed by atoms with van der Waals surface area (Å²) in [6, 6.07) is 0. The van der Waals surface area contributed by atoms with Gasteiger partial charge < -0.3 is 9.88 Å². The van der Waals surface area contributed by atoms with Gasteiger partial charge in [0.2, 0.25) is 0 Å². The van der Waals surface area contributed by atoms with E-state index in [1.165, 1.54) is 18.5 Å². The minimum absolute atomic E-state index is 0.265. The van der Waals surface area contributed by atoms with Crippen molar-refractivity contribution in [3.8, 4) is 0 Å². The summed E-state index contributed by atoms with van der Waals surface area (Å²) in [5.41, 5.74) is 1.69. The fourth-order valence-corrected chi connectivity index (χ4v) is 2.57. The lowest BCUT2D eigenvalue weighted by molar-refractivity contribution is 0.281. The summed E-state index contributed by atoms with van der Waals surface area (Å²) in [4.78, 5) is 4.34. The topological polar surface area (TPSA) is 29.9 Å². The Morgan fingerprint density at radius 1 is 1.40 bits per heavy atom. The Morgan fingerprint density at radius 2 is 2.13 bits per heavy atom. The standard InChI is InChI=1S/C12H19N3/c1-12(2,10-3-4-10)15-8-14-7-11(15)9-5-13-6-9/h7-10,13H,3-6H2,1-2H3. The van der Waals surface area contributed by atoms with Gasteiger partial charge >= 0.3 is 0 Å². The van der Waals surface area contributed by atoms with Crippen molar-refractivity contribution in [3.63, 3.8) is 0 Å². The van der Waals surface area contributed by atoms with E-state index in [-0.39, 0.29) is 5.54 Å². The van der Waals surface area contributed by atoms with Gasteiger partial charge in [-0.25, -0.2) is 4.98 Å². The smallest absolute Gasteiger partial charge is 0.0953 e. The van der Waals surface area contributed by atoms with Crippen LogP contribution in [0.1, 0.15) is 38.3 Å². The first kappa shape index (κ1) is 9.40. The number of aromatic nitrogens is 2. The number of hydrogen-bond donors (Lipinski definition) is 1. The van der Waals surface area contributed by atoms with Gasteiger partial charge in [0.1, 0.15) is 0 Å². The Labute approximate surface area is 90.9 Å². The van der Waals surface area contributed by atoms with Crippen LogP contribution in [0.3, 0.4) is 0 Å². The molecule has 0 radical (unpaired) electrons. The number of rotatable bonds is 3. The van der Waals surface area contributed by atoms with E-state index < -0.39 is 0 Å². The van der Waals surface area contributed by atoms with Gasteiger partial charge in [0.15, 0.2) is 0 Å². The van der Waals surface area contributed by atoms with Crippen LogP contribution >= 0.6 is 0 Å². The third-order valence-corrected chi connectivity index (χ3v) is 4.06. The van der Waals surface area contributed by atoms with Gasteiger partial charge in [0, 0.05) is 36.4 Å². The van der Waals surface area contributed by atoms with E-state index in [9.17, 15) is 0 Å². The zero-order valence-electron chi connectivity index (χ0n) is 9.53. The normalized spacial score (nSPS) is 22.8. The van der Waals surface area contributed by atoms with E-state index in [0.717, 1.165) is 19.0 Å². The lowest BCUT2D eigenvalue weighted by Crippen LogP contribution is -2.42. The van der Waals surface area contributed by atoms with E-state index in [1.54, 1.807) is 0 Å². The zero-order chi connectivity index (χ0) is 10.5. The van der Waals surface area contributed by atoms with E-state index in [1.807, 2.05) is 6.33 Å². The quantitative estimate of drug-likeness (QED) is 0.814. The zero-order valence-corrected chi connectivity index (χ0v) is 9.53. The molecular formula is C12H19N3. The minimum Gasteiger partial charge on any atom is -0.328 e. The Hall–Kier alpha value is -0.830. The molecule has 1 N–H and O–H groups in total. The van der Waals surface area contributed by atoms with Gasteiger partial charge in [-0.1, -0.05) is 0 Å². The molecular weight excluding hydrogens is 186 g/mol. The van der Waals surface area contributed by atoms with Gasteiger partial charge in [-0.2, -0.15) is 0 Å². The first-order valence-corrected chi connectivity index (χ1v) is 5.93. The number of nitrogens with one attached hydrogen (secondary N) is 1. The van der Waals surface area contributed by atoms with Gasteiger partial charge in [-0.15, -0.1) is 0 Å². The second-order valence-corrected chi connectivity index (χ2v) is 5.47. The van der Waals surface area contributed by atoms with Crippen molar-refractivity contribution in [1.29, 1.82) is 0 Å². The summed E-state index contributed by atoms with van der Waals surface area (Å²) < 4.78 is 2.41. The van der Waals surface area contributed by atoms with Crippen molar-refractivity contribution in [2.24, 2.45) is 5.92 Å². The van der Waals surface area contributed by atoms with Crippen LogP contribution in [-0.4, -0.2) is 22.6 Å². The molecule has 82 valence electrons. The molecule has 3 heteroatoms. The van der Waals surface area contributed by atoms with Crippen molar-refractivity contribution < 1.29 is 0 Å². The average Bonchev–Trinajstić information content (AvgIpc) is 2.85. The predicted molar refractivity (Wildman–Crippen MR) is 59.9 cm³/mol. The molecule has 2 fully saturated rings. The van der Waals surface area contributed by atoms with Crippen molar-refractivity contribution in [2.75, 3.05) is 13.1 Å². The van der Waals surface area contributed by atoms with Crippen LogP contribution < -0.4 is 5.32 Å². The molecule has 0 aromatic carbocycles. The van der Waals surface area contributed by atoms with Crippen molar-refractivity contribution in [1.82, 2.24) is 14.9 Å². The summed E-state index contributed by atoms with van der Waals surface area (Å²) in [6.07, 6.45) is 6.84. The highest BCUT2D eigenvalue weighted by atomic mass is 15.1. The predicted octanol–water partition coefficient (Wildman–Crippen LogP) is 1.71. The summed E-state index contributed by atoms with van der Waals surface area (Å²) >= 11 is 0. The van der Waals surface area contributed by atoms with Crippen LogP contribution in [0, 0.1) is 5.92 Å². The molecule has 0 amide bonds. The molecule has 1 aromatic rings. The minimum atomic E-state index is 0.265. The fraction of sp³-hybridized carbons (Fsp3) is 0.750. The highest BCUT2D eigenvalue weighted by molar-refractivity contribution is 5.15. The SMILES string of the molecule is CC(C)(C1CC1)n1cncc1C1CNC1. The molecule has 0 unspecified atom stereocenters. The van der Waals surface area contributed by atoms with Crippen LogP contribution in [-0.2, 0) is 5.54 Å². The van der Waals surface area contributed by atoms with Crippen molar-refractivity contribution in [2.45, 2.75) is 38.1 Å². The second-order valence-electron chi connectivity index (χ2n) is 5.47. The van der Waals surface area contributed by atoms with E-state index >= 15 is 0 Å². The highest BCUT2D eigenvalue weighted by Gasteiger charge is 2.40. The van der Waals surface area contributed by atoms with E-state index in [2.05, 4.69) is 34.9 Å². The Bertz CT molecular complexity index is 359. The second kappa shape index (κ2) is 3.08. The maximum atomic E-state index is 4.34. The highest BCUT2D eigenvalue weighted by Crippen LogP contribution is 2.45. The summed E-state index contributed by atoms with van der Waals surface area (Å²) in [5.74, 6) is 1.55. The van der Waals surface area contributed by atoms with Gasteiger partial charge in [-0.3, -0.25) is 0 Å². The fourth-order valence-electron chi connectivity index (χ4n) is 2.57. The Kier molecular flexibility index (Phi) is 1.93. The van der Waals surface area contributed by atoms with Crippen molar-refractivity contribution in [3.05, 3.63) is 18.2 Å². The molecule has 15 heavy (non-hydrogen) atoms. The Balaban J connectivity index is 1.92. The van der Waals surface area contributed by atoms with Gasteiger partial charge in [-0.05, 0) is 32.6 Å². The van der Waals surface area contributed by atoms with Crippen LogP contribution in [0.2, 0.25) is 0 Å². The Morgan fingerprint density at radius 3 is 2.67 bits per heavy atom. The average molecular weight is 205 g/mol. The van der Waals surface area contributed by atoms with Crippen molar-refractivity contribution >= 4 is 0 Å². The molecule has 2 aliphatic rings.